The molecular formula is C15H17N3O3. The molecule has 0 unspecified atom stereocenters. The smallest absolute Gasteiger partial charge is 0.417 e. The fourth-order valence-electron chi connectivity index (χ4n) is 2.63. The number of hydrogen-bond donors (Lipinski definition) is 1. The van der Waals surface area contributed by atoms with Crippen LogP contribution in [0.2, 0.25) is 0 Å². The van der Waals surface area contributed by atoms with Crippen LogP contribution in [0.3, 0.4) is 0 Å². The van der Waals surface area contributed by atoms with Crippen LogP contribution in [0.15, 0.2) is 35.4 Å². The van der Waals surface area contributed by atoms with Crippen molar-refractivity contribution in [1.82, 2.24) is 10.3 Å². The maximum absolute atomic E-state index is 12.5. The number of carbonyl (C=O) groups excluding carboxylic acids is 2. The molecule has 6 heteroatoms. The Labute approximate surface area is 122 Å². The van der Waals surface area contributed by atoms with Crippen molar-refractivity contribution in [3.8, 4) is 0 Å². The summed E-state index contributed by atoms with van der Waals surface area (Å²) < 4.78 is 5.06. The van der Waals surface area contributed by atoms with E-state index in [-0.39, 0.29) is 18.6 Å². The maximum Gasteiger partial charge on any atom is 0.417 e. The summed E-state index contributed by atoms with van der Waals surface area (Å²) in [7, 11) is 0. The third-order valence-corrected chi connectivity index (χ3v) is 3.72. The molecule has 0 aliphatic carbocycles. The highest BCUT2D eigenvalue weighted by Gasteiger charge is 2.40. The number of rotatable bonds is 3. The van der Waals surface area contributed by atoms with Gasteiger partial charge in [0.2, 0.25) is 0 Å². The van der Waals surface area contributed by atoms with Crippen molar-refractivity contribution >= 4 is 18.2 Å². The Bertz CT molecular complexity index is 559. The topological polar surface area (TPSA) is 71.0 Å². The number of hydrazone groups is 1. The van der Waals surface area contributed by atoms with Gasteiger partial charge < -0.3 is 4.74 Å². The molecule has 3 rings (SSSR count). The van der Waals surface area contributed by atoms with Crippen molar-refractivity contribution in [3.05, 3.63) is 35.9 Å². The van der Waals surface area contributed by atoms with Crippen LogP contribution < -0.4 is 5.43 Å². The van der Waals surface area contributed by atoms with Crippen LogP contribution in [0.5, 0.6) is 0 Å². The Hall–Kier alpha value is -2.37. The molecule has 2 amide bonds. The summed E-state index contributed by atoms with van der Waals surface area (Å²) in [5.74, 6) is -0.254. The van der Waals surface area contributed by atoms with Crippen LogP contribution >= 0.6 is 0 Å². The summed E-state index contributed by atoms with van der Waals surface area (Å²) in [5, 5.41) is 3.91. The van der Waals surface area contributed by atoms with Crippen LogP contribution in [0, 0.1) is 0 Å². The van der Waals surface area contributed by atoms with Gasteiger partial charge in [0.05, 0.1) is 6.04 Å². The van der Waals surface area contributed by atoms with Crippen LogP contribution in [-0.4, -0.2) is 41.8 Å². The van der Waals surface area contributed by atoms with Gasteiger partial charge in [0, 0.05) is 6.21 Å². The first-order valence-corrected chi connectivity index (χ1v) is 7.06. The highest BCUT2D eigenvalue weighted by atomic mass is 16.6. The molecule has 6 nitrogen and oxygen atoms in total. The Morgan fingerprint density at radius 2 is 2.19 bits per heavy atom. The van der Waals surface area contributed by atoms with Crippen molar-refractivity contribution in [1.29, 1.82) is 0 Å². The van der Waals surface area contributed by atoms with Crippen molar-refractivity contribution in [2.45, 2.75) is 31.3 Å². The lowest BCUT2D eigenvalue weighted by molar-refractivity contribution is -0.131. The second-order valence-electron chi connectivity index (χ2n) is 5.20. The highest BCUT2D eigenvalue weighted by Crippen LogP contribution is 2.19. The summed E-state index contributed by atoms with van der Waals surface area (Å²) in [6.07, 6.45) is 3.15. The molecule has 2 aliphatic rings. The molecular weight excluding hydrogens is 270 g/mol. The van der Waals surface area contributed by atoms with E-state index >= 15 is 0 Å². The summed E-state index contributed by atoms with van der Waals surface area (Å²) in [4.78, 5) is 25.6. The predicted molar refractivity (Wildman–Crippen MR) is 76.8 cm³/mol. The lowest BCUT2D eigenvalue weighted by atomic mass is 10.0. The molecule has 2 aliphatic heterocycles. The van der Waals surface area contributed by atoms with E-state index in [0.717, 1.165) is 12.0 Å². The monoisotopic (exact) mass is 287 g/mol. The number of ether oxygens (including phenoxy) is 1. The van der Waals surface area contributed by atoms with E-state index in [0.29, 0.717) is 12.8 Å². The molecule has 1 N–H and O–H groups in total. The first kappa shape index (κ1) is 13.6. The van der Waals surface area contributed by atoms with Crippen molar-refractivity contribution in [2.75, 3.05) is 6.61 Å². The quantitative estimate of drug-likeness (QED) is 0.910. The number of amides is 2. The predicted octanol–water partition coefficient (Wildman–Crippen LogP) is 1.31. The number of nitrogens with zero attached hydrogens (tertiary/aromatic N) is 2. The number of cyclic esters (lactones) is 1. The molecule has 110 valence electrons. The number of benzene rings is 1. The molecule has 2 heterocycles. The molecule has 0 aromatic heterocycles. The minimum Gasteiger partial charge on any atom is -0.447 e. The minimum absolute atomic E-state index is 0.245. The van der Waals surface area contributed by atoms with Gasteiger partial charge in [0.15, 0.2) is 0 Å². The zero-order valence-electron chi connectivity index (χ0n) is 11.6. The van der Waals surface area contributed by atoms with E-state index in [1.165, 1.54) is 4.90 Å². The van der Waals surface area contributed by atoms with Gasteiger partial charge in [-0.2, -0.15) is 5.10 Å². The van der Waals surface area contributed by atoms with E-state index in [2.05, 4.69) is 10.5 Å². The van der Waals surface area contributed by atoms with E-state index in [4.69, 9.17) is 4.74 Å². The molecule has 0 saturated carbocycles. The van der Waals surface area contributed by atoms with Gasteiger partial charge in [0.1, 0.15) is 12.6 Å². The van der Waals surface area contributed by atoms with Crippen molar-refractivity contribution in [3.63, 3.8) is 0 Å². The lowest BCUT2D eigenvalue weighted by Gasteiger charge is -2.25. The maximum atomic E-state index is 12.5. The Kier molecular flexibility index (Phi) is 3.85. The normalized spacial score (nSPS) is 24.6. The van der Waals surface area contributed by atoms with Gasteiger partial charge in [-0.15, -0.1) is 0 Å². The van der Waals surface area contributed by atoms with Crippen LogP contribution in [0.1, 0.15) is 18.4 Å². The molecule has 2 atom stereocenters. The molecule has 1 saturated heterocycles. The van der Waals surface area contributed by atoms with Gasteiger partial charge in [-0.25, -0.2) is 9.69 Å². The zero-order chi connectivity index (χ0) is 14.7. The first-order valence-electron chi connectivity index (χ1n) is 7.06. The SMILES string of the molecule is O=C1OC[C@H](Cc2ccccc2)N1C(=O)[C@@H]1CCC=NN1. The van der Waals surface area contributed by atoms with E-state index in [1.54, 1.807) is 6.21 Å². The fraction of sp³-hybridized carbons (Fsp3) is 0.400. The van der Waals surface area contributed by atoms with E-state index < -0.39 is 12.1 Å². The zero-order valence-corrected chi connectivity index (χ0v) is 11.6. The third kappa shape index (κ3) is 2.89. The van der Waals surface area contributed by atoms with Crippen LogP contribution in [0.25, 0.3) is 0 Å². The Balaban J connectivity index is 1.73. The standard InChI is InChI=1S/C15H17N3O3/c19-14(13-7-4-8-16-17-13)18-12(10-21-15(18)20)9-11-5-2-1-3-6-11/h1-3,5-6,8,12-13,17H,4,7,9-10H2/t12-,13-/m0/s1. The molecule has 0 spiro atoms. The minimum atomic E-state index is -0.558. The fourth-order valence-corrected chi connectivity index (χ4v) is 2.63. The second kappa shape index (κ2) is 5.95. The number of imide groups is 1. The Morgan fingerprint density at radius 1 is 1.38 bits per heavy atom. The molecule has 21 heavy (non-hydrogen) atoms. The average molecular weight is 287 g/mol. The van der Waals surface area contributed by atoms with E-state index in [9.17, 15) is 9.59 Å². The molecule has 1 fully saturated rings. The van der Waals surface area contributed by atoms with Gasteiger partial charge in [-0.3, -0.25) is 10.2 Å². The molecule has 1 aromatic rings. The van der Waals surface area contributed by atoms with E-state index in [1.807, 2.05) is 30.3 Å². The van der Waals surface area contributed by atoms with Crippen LogP contribution in [0.4, 0.5) is 4.79 Å². The summed E-state index contributed by atoms with van der Waals surface area (Å²) in [5.41, 5.74) is 3.85. The largest absolute Gasteiger partial charge is 0.447 e. The lowest BCUT2D eigenvalue weighted by Crippen LogP contribution is -2.50. The molecule has 1 aromatic carbocycles. The Morgan fingerprint density at radius 3 is 2.90 bits per heavy atom. The average Bonchev–Trinajstić information content (AvgIpc) is 2.89. The summed E-state index contributed by atoms with van der Waals surface area (Å²) in [6.45, 7) is 0.245. The van der Waals surface area contributed by atoms with Gasteiger partial charge >= 0.3 is 6.09 Å². The summed E-state index contributed by atoms with van der Waals surface area (Å²) in [6, 6.07) is 9.09. The first-order chi connectivity index (χ1) is 10.3. The number of nitrogens with one attached hydrogen (secondary N) is 1. The molecule has 0 radical (unpaired) electrons. The number of carbonyl (C=O) groups is 2. The van der Waals surface area contributed by atoms with Crippen molar-refractivity contribution in [2.24, 2.45) is 5.10 Å². The number of hydrogen-bond acceptors (Lipinski definition) is 5. The molecule has 0 bridgehead atoms. The van der Waals surface area contributed by atoms with Gasteiger partial charge in [0.25, 0.3) is 5.91 Å². The van der Waals surface area contributed by atoms with Gasteiger partial charge in [-0.05, 0) is 24.8 Å². The van der Waals surface area contributed by atoms with Gasteiger partial charge in [-0.1, -0.05) is 30.3 Å². The highest BCUT2D eigenvalue weighted by molar-refractivity contribution is 5.96. The van der Waals surface area contributed by atoms with Crippen LogP contribution in [-0.2, 0) is 16.0 Å². The van der Waals surface area contributed by atoms with Crippen molar-refractivity contribution < 1.29 is 14.3 Å². The second-order valence-corrected chi connectivity index (χ2v) is 5.20. The summed E-state index contributed by atoms with van der Waals surface area (Å²) >= 11 is 0. The third-order valence-electron chi connectivity index (χ3n) is 3.72.